The lowest BCUT2D eigenvalue weighted by atomic mass is 9.68. The molecule has 2 fully saturated rings. The Kier molecular flexibility index (Phi) is 9.09. The van der Waals surface area contributed by atoms with E-state index in [1.54, 1.807) is 0 Å². The summed E-state index contributed by atoms with van der Waals surface area (Å²) < 4.78 is 12.2. The zero-order valence-electron chi connectivity index (χ0n) is 18.1. The molecule has 2 saturated carbocycles. The minimum absolute atomic E-state index is 0.209. The minimum Gasteiger partial charge on any atom is -0.251 e. The Bertz CT molecular complexity index is 556. The molecule has 0 unspecified atom stereocenters. The molecule has 28 heavy (non-hydrogen) atoms. The van der Waals surface area contributed by atoms with Gasteiger partial charge in [-0.05, 0) is 99.0 Å². The van der Waals surface area contributed by atoms with Crippen LogP contribution in [0.2, 0.25) is 0 Å². The summed E-state index contributed by atoms with van der Waals surface area (Å²) in [6.07, 6.45) is 21.4. The lowest BCUT2D eigenvalue weighted by Crippen LogP contribution is -2.25. The molecule has 0 nitrogen and oxygen atoms in total. The second kappa shape index (κ2) is 11.8. The smallest absolute Gasteiger partial charge is 0.0928 e. The van der Waals surface area contributed by atoms with E-state index in [2.05, 4.69) is 43.3 Å². The minimum atomic E-state index is -0.209. The summed E-state index contributed by atoms with van der Waals surface area (Å²) in [6, 6.07) is 9.38. The van der Waals surface area contributed by atoms with Crippen LogP contribution in [0.1, 0.15) is 88.7 Å². The van der Waals surface area contributed by atoms with Crippen LogP contribution in [0.5, 0.6) is 0 Å². The molecule has 0 amide bonds. The molecule has 1 aromatic carbocycles. The lowest BCUT2D eigenvalue weighted by Gasteiger charge is -2.37. The number of alkyl halides is 1. The Morgan fingerprint density at radius 2 is 1.39 bits per heavy atom. The van der Waals surface area contributed by atoms with Gasteiger partial charge in [-0.15, -0.1) is 0 Å². The second-order valence-electron chi connectivity index (χ2n) is 9.47. The standard InChI is InChI=1S/C27H41F/c1-2-5-22-7-9-24(10-8-22)11-12-25-15-19-27(20-16-25)26-17-13-23(14-18-26)6-3-4-21-28/h3,6-10,23,25-27H,2,4-5,11-21H2,1H3/b6-3+/t23-,25?,26-,27?. The Balaban J connectivity index is 1.33. The van der Waals surface area contributed by atoms with E-state index in [-0.39, 0.29) is 6.67 Å². The first kappa shape index (κ1) is 21.6. The monoisotopic (exact) mass is 384 g/mol. The summed E-state index contributed by atoms with van der Waals surface area (Å²) in [7, 11) is 0. The summed E-state index contributed by atoms with van der Waals surface area (Å²) in [5.41, 5.74) is 3.01. The van der Waals surface area contributed by atoms with Crippen LogP contribution in [0.4, 0.5) is 4.39 Å². The molecule has 2 aliphatic carbocycles. The molecule has 0 bridgehead atoms. The maximum absolute atomic E-state index is 12.2. The Hall–Kier alpha value is -1.11. The molecular formula is C27H41F. The van der Waals surface area contributed by atoms with Crippen molar-refractivity contribution in [3.8, 4) is 0 Å². The van der Waals surface area contributed by atoms with Gasteiger partial charge in [-0.1, -0.05) is 62.6 Å². The van der Waals surface area contributed by atoms with E-state index in [1.807, 2.05) is 0 Å². The molecule has 0 radical (unpaired) electrons. The van der Waals surface area contributed by atoms with Gasteiger partial charge in [0.25, 0.3) is 0 Å². The molecule has 0 heterocycles. The van der Waals surface area contributed by atoms with Crippen molar-refractivity contribution < 1.29 is 4.39 Å². The van der Waals surface area contributed by atoms with Crippen molar-refractivity contribution >= 4 is 0 Å². The Morgan fingerprint density at radius 3 is 1.96 bits per heavy atom. The second-order valence-corrected chi connectivity index (χ2v) is 9.47. The SMILES string of the molecule is CCCc1ccc(CCC2CCC([C@H]3CC[C@H](/C=C/CCF)CC3)CC2)cc1. The third-order valence-electron chi connectivity index (χ3n) is 7.46. The third-order valence-corrected chi connectivity index (χ3v) is 7.46. The average molecular weight is 385 g/mol. The largest absolute Gasteiger partial charge is 0.251 e. The quantitative estimate of drug-likeness (QED) is 0.377. The van der Waals surface area contributed by atoms with Crippen LogP contribution < -0.4 is 0 Å². The topological polar surface area (TPSA) is 0 Å². The fourth-order valence-electron chi connectivity index (χ4n) is 5.64. The zero-order valence-corrected chi connectivity index (χ0v) is 18.1. The van der Waals surface area contributed by atoms with Gasteiger partial charge in [0.15, 0.2) is 0 Å². The van der Waals surface area contributed by atoms with Crippen molar-refractivity contribution in [2.45, 2.75) is 90.4 Å². The van der Waals surface area contributed by atoms with Crippen molar-refractivity contribution in [3.05, 3.63) is 47.5 Å². The first-order valence-corrected chi connectivity index (χ1v) is 12.1. The van der Waals surface area contributed by atoms with E-state index in [0.717, 1.165) is 23.7 Å². The molecule has 1 aromatic rings. The lowest BCUT2D eigenvalue weighted by molar-refractivity contribution is 0.152. The van der Waals surface area contributed by atoms with Crippen LogP contribution in [-0.2, 0) is 12.8 Å². The Labute approximate surface area is 173 Å². The van der Waals surface area contributed by atoms with Crippen molar-refractivity contribution in [3.63, 3.8) is 0 Å². The number of hydrogen-bond acceptors (Lipinski definition) is 0. The predicted octanol–water partition coefficient (Wildman–Crippen LogP) is 8.10. The fourth-order valence-corrected chi connectivity index (χ4v) is 5.64. The third kappa shape index (κ3) is 6.75. The highest BCUT2D eigenvalue weighted by molar-refractivity contribution is 5.22. The zero-order chi connectivity index (χ0) is 19.6. The van der Waals surface area contributed by atoms with E-state index in [9.17, 15) is 4.39 Å². The van der Waals surface area contributed by atoms with Gasteiger partial charge < -0.3 is 0 Å². The molecule has 3 rings (SSSR count). The fraction of sp³-hybridized carbons (Fsp3) is 0.704. The van der Waals surface area contributed by atoms with E-state index >= 15 is 0 Å². The number of aryl methyl sites for hydroxylation is 2. The van der Waals surface area contributed by atoms with Crippen molar-refractivity contribution in [1.29, 1.82) is 0 Å². The average Bonchev–Trinajstić information content (AvgIpc) is 2.75. The van der Waals surface area contributed by atoms with Crippen LogP contribution in [0.25, 0.3) is 0 Å². The summed E-state index contributed by atoms with van der Waals surface area (Å²) >= 11 is 0. The molecule has 156 valence electrons. The van der Waals surface area contributed by atoms with E-state index in [0.29, 0.717) is 6.42 Å². The summed E-state index contributed by atoms with van der Waals surface area (Å²) in [4.78, 5) is 0. The van der Waals surface area contributed by atoms with Gasteiger partial charge in [0.2, 0.25) is 0 Å². The molecule has 0 saturated heterocycles. The van der Waals surface area contributed by atoms with Crippen LogP contribution in [0.15, 0.2) is 36.4 Å². The molecule has 0 aromatic heterocycles. The van der Waals surface area contributed by atoms with Gasteiger partial charge in [0.05, 0.1) is 6.67 Å². The van der Waals surface area contributed by atoms with E-state index < -0.39 is 0 Å². The number of hydrogen-bond donors (Lipinski definition) is 0. The van der Waals surface area contributed by atoms with Crippen molar-refractivity contribution in [1.82, 2.24) is 0 Å². The highest BCUT2D eigenvalue weighted by Gasteiger charge is 2.30. The van der Waals surface area contributed by atoms with Crippen molar-refractivity contribution in [2.75, 3.05) is 6.67 Å². The van der Waals surface area contributed by atoms with Gasteiger partial charge in [-0.2, -0.15) is 0 Å². The maximum atomic E-state index is 12.2. The van der Waals surface area contributed by atoms with Gasteiger partial charge in [-0.3, -0.25) is 4.39 Å². The Morgan fingerprint density at radius 1 is 0.821 bits per heavy atom. The molecule has 0 N–H and O–H groups in total. The number of allylic oxidation sites excluding steroid dienone is 2. The van der Waals surface area contributed by atoms with Gasteiger partial charge in [0, 0.05) is 0 Å². The molecule has 1 heteroatoms. The van der Waals surface area contributed by atoms with Crippen molar-refractivity contribution in [2.24, 2.45) is 23.7 Å². The first-order valence-electron chi connectivity index (χ1n) is 12.1. The molecular weight excluding hydrogens is 343 g/mol. The summed E-state index contributed by atoms with van der Waals surface area (Å²) in [5.74, 6) is 3.63. The van der Waals surface area contributed by atoms with Gasteiger partial charge in [0.1, 0.15) is 0 Å². The molecule has 0 atom stereocenters. The normalized spacial score (nSPS) is 28.6. The number of benzene rings is 1. The van der Waals surface area contributed by atoms with Gasteiger partial charge in [-0.25, -0.2) is 0 Å². The van der Waals surface area contributed by atoms with E-state index in [1.165, 1.54) is 88.2 Å². The van der Waals surface area contributed by atoms with E-state index in [4.69, 9.17) is 0 Å². The van der Waals surface area contributed by atoms with Crippen LogP contribution >= 0.6 is 0 Å². The predicted molar refractivity (Wildman–Crippen MR) is 119 cm³/mol. The highest BCUT2D eigenvalue weighted by atomic mass is 19.1. The van der Waals surface area contributed by atoms with Gasteiger partial charge >= 0.3 is 0 Å². The highest BCUT2D eigenvalue weighted by Crippen LogP contribution is 2.42. The summed E-state index contributed by atoms with van der Waals surface area (Å²) in [6.45, 7) is 2.04. The number of halogens is 1. The summed E-state index contributed by atoms with van der Waals surface area (Å²) in [5, 5.41) is 0. The molecule has 2 aliphatic rings. The van der Waals surface area contributed by atoms with Crippen LogP contribution in [-0.4, -0.2) is 6.67 Å². The van der Waals surface area contributed by atoms with Crippen LogP contribution in [0.3, 0.4) is 0 Å². The molecule has 0 spiro atoms. The molecule has 0 aliphatic heterocycles. The maximum Gasteiger partial charge on any atom is 0.0928 e. The van der Waals surface area contributed by atoms with Crippen LogP contribution in [0, 0.1) is 23.7 Å². The number of rotatable bonds is 9. The first-order chi connectivity index (χ1) is 13.8.